The third kappa shape index (κ3) is 3.01. The number of aromatic nitrogens is 1. The van der Waals surface area contributed by atoms with Gasteiger partial charge < -0.3 is 10.2 Å². The number of aryl methyl sites for hydroxylation is 1. The van der Waals surface area contributed by atoms with Crippen molar-refractivity contribution in [2.24, 2.45) is 5.92 Å². The first-order chi connectivity index (χ1) is 9.78. The molecule has 1 atom stereocenters. The molecule has 1 aromatic rings. The first-order valence-electron chi connectivity index (χ1n) is 8.22. The summed E-state index contributed by atoms with van der Waals surface area (Å²) in [5, 5.41) is 4.94. The second-order valence-electron chi connectivity index (χ2n) is 6.38. The van der Waals surface area contributed by atoms with Crippen molar-refractivity contribution >= 4 is 16.5 Å². The molecule has 0 aliphatic heterocycles. The van der Waals surface area contributed by atoms with E-state index < -0.39 is 0 Å². The molecule has 2 aliphatic rings. The summed E-state index contributed by atoms with van der Waals surface area (Å²) in [5.41, 5.74) is 1.37. The molecule has 3 rings (SSSR count). The first kappa shape index (κ1) is 14.3. The van der Waals surface area contributed by atoms with Crippen molar-refractivity contribution in [3.8, 4) is 0 Å². The highest BCUT2D eigenvalue weighted by molar-refractivity contribution is 7.15. The van der Waals surface area contributed by atoms with Crippen LogP contribution < -0.4 is 10.2 Å². The summed E-state index contributed by atoms with van der Waals surface area (Å²) < 4.78 is 0. The van der Waals surface area contributed by atoms with E-state index in [0.29, 0.717) is 6.04 Å². The molecule has 0 bridgehead atoms. The van der Waals surface area contributed by atoms with Gasteiger partial charge in [-0.05, 0) is 51.0 Å². The van der Waals surface area contributed by atoms with E-state index in [0.717, 1.165) is 12.5 Å². The summed E-state index contributed by atoms with van der Waals surface area (Å²) in [6.45, 7) is 4.55. The number of nitrogens with one attached hydrogen (secondary N) is 1. The van der Waals surface area contributed by atoms with Crippen LogP contribution in [0.25, 0.3) is 0 Å². The second kappa shape index (κ2) is 6.44. The summed E-state index contributed by atoms with van der Waals surface area (Å²) in [6.07, 6.45) is 9.19. The van der Waals surface area contributed by atoms with Gasteiger partial charge in [-0.3, -0.25) is 0 Å². The van der Waals surface area contributed by atoms with Gasteiger partial charge in [0.1, 0.15) is 0 Å². The molecule has 0 amide bonds. The van der Waals surface area contributed by atoms with Gasteiger partial charge in [0.2, 0.25) is 0 Å². The van der Waals surface area contributed by atoms with Crippen LogP contribution >= 0.6 is 11.3 Å². The number of thiazole rings is 1. The van der Waals surface area contributed by atoms with Crippen LogP contribution in [0.1, 0.15) is 62.1 Å². The van der Waals surface area contributed by atoms with Crippen LogP contribution in [0.4, 0.5) is 5.13 Å². The predicted octanol–water partition coefficient (Wildman–Crippen LogP) is 3.76. The van der Waals surface area contributed by atoms with Crippen molar-refractivity contribution in [3.63, 3.8) is 0 Å². The van der Waals surface area contributed by atoms with Gasteiger partial charge in [-0.2, -0.15) is 0 Å². The standard InChI is InChI=1S/C16H27N3S/c1-3-10-17-13-8-5-9-14-15(13)20-16(18-14)19(2)11-12-6-4-7-12/h12-13,17H,3-11H2,1-2H3. The van der Waals surface area contributed by atoms with Crippen molar-refractivity contribution in [1.29, 1.82) is 0 Å². The zero-order chi connectivity index (χ0) is 13.9. The fraction of sp³-hybridized carbons (Fsp3) is 0.812. The molecule has 1 saturated carbocycles. The average Bonchev–Trinajstić information content (AvgIpc) is 2.84. The maximum Gasteiger partial charge on any atom is 0.185 e. The molecule has 3 nitrogen and oxygen atoms in total. The Morgan fingerprint density at radius 3 is 2.85 bits per heavy atom. The lowest BCUT2D eigenvalue weighted by Gasteiger charge is -2.29. The monoisotopic (exact) mass is 293 g/mol. The van der Waals surface area contributed by atoms with Crippen LogP contribution in [-0.4, -0.2) is 25.1 Å². The Balaban J connectivity index is 1.69. The van der Waals surface area contributed by atoms with E-state index in [1.807, 2.05) is 11.3 Å². The lowest BCUT2D eigenvalue weighted by atomic mass is 9.85. The minimum Gasteiger partial charge on any atom is -0.351 e. The Bertz CT molecular complexity index is 439. The molecule has 1 unspecified atom stereocenters. The van der Waals surface area contributed by atoms with Crippen LogP contribution in [0.3, 0.4) is 0 Å². The van der Waals surface area contributed by atoms with Crippen molar-refractivity contribution in [2.45, 2.75) is 57.9 Å². The van der Waals surface area contributed by atoms with E-state index in [4.69, 9.17) is 4.98 Å². The maximum atomic E-state index is 4.92. The summed E-state index contributed by atoms with van der Waals surface area (Å²) >= 11 is 1.93. The number of fused-ring (bicyclic) bond motifs is 1. The highest BCUT2D eigenvalue weighted by atomic mass is 32.1. The van der Waals surface area contributed by atoms with Gasteiger partial charge in [-0.1, -0.05) is 24.7 Å². The molecule has 0 spiro atoms. The van der Waals surface area contributed by atoms with E-state index in [9.17, 15) is 0 Å². The quantitative estimate of drug-likeness (QED) is 0.865. The summed E-state index contributed by atoms with van der Waals surface area (Å²) in [4.78, 5) is 8.83. The van der Waals surface area contributed by atoms with Crippen molar-refractivity contribution < 1.29 is 0 Å². The largest absolute Gasteiger partial charge is 0.351 e. The fourth-order valence-electron chi connectivity index (χ4n) is 3.22. The van der Waals surface area contributed by atoms with Crippen molar-refractivity contribution in [3.05, 3.63) is 10.6 Å². The van der Waals surface area contributed by atoms with Crippen LogP contribution in [0.15, 0.2) is 0 Å². The molecule has 0 radical (unpaired) electrons. The Labute approximate surface area is 126 Å². The smallest absolute Gasteiger partial charge is 0.185 e. The van der Waals surface area contributed by atoms with Crippen molar-refractivity contribution in [1.82, 2.24) is 10.3 Å². The van der Waals surface area contributed by atoms with Gasteiger partial charge in [0.15, 0.2) is 5.13 Å². The van der Waals surface area contributed by atoms with Gasteiger partial charge in [0, 0.05) is 24.5 Å². The number of anilines is 1. The number of hydrogen-bond acceptors (Lipinski definition) is 4. The third-order valence-corrected chi connectivity index (χ3v) is 5.99. The van der Waals surface area contributed by atoms with Gasteiger partial charge in [-0.25, -0.2) is 4.98 Å². The first-order valence-corrected chi connectivity index (χ1v) is 9.03. The topological polar surface area (TPSA) is 28.2 Å². The molecular formula is C16H27N3S. The highest BCUT2D eigenvalue weighted by Crippen LogP contribution is 2.38. The van der Waals surface area contributed by atoms with Gasteiger partial charge >= 0.3 is 0 Å². The summed E-state index contributed by atoms with van der Waals surface area (Å²) in [7, 11) is 2.22. The minimum absolute atomic E-state index is 0.557. The second-order valence-corrected chi connectivity index (χ2v) is 7.39. The lowest BCUT2D eigenvalue weighted by molar-refractivity contribution is 0.321. The van der Waals surface area contributed by atoms with E-state index in [-0.39, 0.29) is 0 Å². The molecule has 1 N–H and O–H groups in total. The molecule has 0 aromatic carbocycles. The maximum absolute atomic E-state index is 4.92. The molecule has 0 saturated heterocycles. The molecule has 2 aliphatic carbocycles. The van der Waals surface area contributed by atoms with Crippen LogP contribution in [-0.2, 0) is 6.42 Å². The van der Waals surface area contributed by atoms with Crippen LogP contribution in [0, 0.1) is 5.92 Å². The SMILES string of the molecule is CCCNC1CCCc2nc(N(C)CC3CCC3)sc21. The zero-order valence-corrected chi connectivity index (χ0v) is 13.6. The number of nitrogens with zero attached hydrogens (tertiary/aromatic N) is 2. The van der Waals surface area contributed by atoms with E-state index in [1.54, 1.807) is 0 Å². The van der Waals surface area contributed by atoms with E-state index in [2.05, 4.69) is 24.2 Å². The van der Waals surface area contributed by atoms with Crippen LogP contribution in [0.2, 0.25) is 0 Å². The summed E-state index contributed by atoms with van der Waals surface area (Å²) in [5.74, 6) is 0.912. The van der Waals surface area contributed by atoms with Gasteiger partial charge in [0.05, 0.1) is 5.69 Å². The van der Waals surface area contributed by atoms with Gasteiger partial charge in [-0.15, -0.1) is 0 Å². The number of rotatable bonds is 6. The Morgan fingerprint density at radius 2 is 2.15 bits per heavy atom. The van der Waals surface area contributed by atoms with Crippen molar-refractivity contribution in [2.75, 3.05) is 25.0 Å². The predicted molar refractivity (Wildman–Crippen MR) is 86.7 cm³/mol. The summed E-state index contributed by atoms with van der Waals surface area (Å²) in [6, 6.07) is 0.557. The molecule has 112 valence electrons. The Hall–Kier alpha value is -0.610. The minimum atomic E-state index is 0.557. The van der Waals surface area contributed by atoms with E-state index in [1.165, 1.54) is 67.2 Å². The molecule has 1 aromatic heterocycles. The molecule has 4 heteroatoms. The van der Waals surface area contributed by atoms with Gasteiger partial charge in [0.25, 0.3) is 0 Å². The third-order valence-electron chi connectivity index (χ3n) is 4.66. The fourth-order valence-corrected chi connectivity index (χ4v) is 4.42. The molecule has 1 fully saturated rings. The molecule has 20 heavy (non-hydrogen) atoms. The lowest BCUT2D eigenvalue weighted by Crippen LogP contribution is -2.29. The zero-order valence-electron chi connectivity index (χ0n) is 12.8. The Morgan fingerprint density at radius 1 is 1.30 bits per heavy atom. The average molecular weight is 293 g/mol. The highest BCUT2D eigenvalue weighted by Gasteiger charge is 2.26. The molecule has 1 heterocycles. The molecular weight excluding hydrogens is 266 g/mol. The number of hydrogen-bond donors (Lipinski definition) is 1. The normalized spacial score (nSPS) is 22.4. The van der Waals surface area contributed by atoms with Crippen LogP contribution in [0.5, 0.6) is 0 Å². The Kier molecular flexibility index (Phi) is 4.61. The van der Waals surface area contributed by atoms with E-state index >= 15 is 0 Å².